The number of H-pyrrole nitrogens is 1. The van der Waals surface area contributed by atoms with Crippen LogP contribution in [0, 0.1) is 0 Å². The molecule has 0 bridgehead atoms. The van der Waals surface area contributed by atoms with E-state index in [0.29, 0.717) is 22.8 Å². The largest absolute Gasteiger partial charge is 0.356 e. The van der Waals surface area contributed by atoms with Crippen molar-refractivity contribution in [1.29, 1.82) is 0 Å². The van der Waals surface area contributed by atoms with Crippen LogP contribution in [0.25, 0.3) is 0 Å². The van der Waals surface area contributed by atoms with E-state index in [4.69, 9.17) is 11.6 Å². The number of Topliss-reactive ketones (excluding diaryl/α,β-unsaturated/α-hetero) is 1. The fourth-order valence-electron chi connectivity index (χ4n) is 2.33. The van der Waals surface area contributed by atoms with Crippen LogP contribution in [0.3, 0.4) is 0 Å². The van der Waals surface area contributed by atoms with Gasteiger partial charge in [0.25, 0.3) is 5.91 Å². The average molecular weight is 334 g/mol. The van der Waals surface area contributed by atoms with Crippen LogP contribution in [-0.2, 0) is 0 Å². The van der Waals surface area contributed by atoms with Crippen LogP contribution >= 0.6 is 11.6 Å². The molecule has 0 aliphatic heterocycles. The topological polar surface area (TPSA) is 65.2 Å². The molecule has 0 spiro atoms. The SMILES string of the molecule is CC(=O)c1c[nH]c(C(=O)NC[C@@H](c2ccccc2Cl)N(C)C)c1. The fraction of sp³-hybridized carbons (Fsp3) is 0.294. The van der Waals surface area contributed by atoms with Gasteiger partial charge in [0.15, 0.2) is 5.78 Å². The number of benzene rings is 1. The normalized spacial score (nSPS) is 12.2. The van der Waals surface area contributed by atoms with Crippen LogP contribution in [0.2, 0.25) is 5.02 Å². The zero-order valence-electron chi connectivity index (χ0n) is 13.4. The molecule has 23 heavy (non-hydrogen) atoms. The lowest BCUT2D eigenvalue weighted by molar-refractivity contribution is 0.0937. The maximum atomic E-state index is 12.2. The van der Waals surface area contributed by atoms with Crippen LogP contribution in [0.5, 0.6) is 0 Å². The minimum Gasteiger partial charge on any atom is -0.356 e. The molecule has 5 nitrogen and oxygen atoms in total. The number of hydrogen-bond donors (Lipinski definition) is 2. The summed E-state index contributed by atoms with van der Waals surface area (Å²) >= 11 is 6.25. The molecule has 122 valence electrons. The van der Waals surface area contributed by atoms with Crippen molar-refractivity contribution >= 4 is 23.3 Å². The van der Waals surface area contributed by atoms with Crippen LogP contribution in [-0.4, -0.2) is 42.2 Å². The predicted molar refractivity (Wildman–Crippen MR) is 91.0 cm³/mol. The van der Waals surface area contributed by atoms with Gasteiger partial charge >= 0.3 is 0 Å². The second kappa shape index (κ2) is 7.44. The van der Waals surface area contributed by atoms with E-state index in [1.54, 1.807) is 6.07 Å². The Kier molecular flexibility index (Phi) is 5.58. The summed E-state index contributed by atoms with van der Waals surface area (Å²) in [5.74, 6) is -0.334. The van der Waals surface area contributed by atoms with E-state index >= 15 is 0 Å². The van der Waals surface area contributed by atoms with Crippen molar-refractivity contribution in [2.45, 2.75) is 13.0 Å². The number of carbonyl (C=O) groups excluding carboxylic acids is 2. The van der Waals surface area contributed by atoms with Gasteiger partial charge in [-0.25, -0.2) is 0 Å². The predicted octanol–water partition coefficient (Wildman–Crippen LogP) is 2.90. The number of hydrogen-bond acceptors (Lipinski definition) is 3. The first-order valence-electron chi connectivity index (χ1n) is 7.28. The average Bonchev–Trinajstić information content (AvgIpc) is 2.99. The lowest BCUT2D eigenvalue weighted by Crippen LogP contribution is -2.34. The van der Waals surface area contributed by atoms with Crippen molar-refractivity contribution in [2.24, 2.45) is 0 Å². The molecule has 1 aromatic heterocycles. The van der Waals surface area contributed by atoms with Gasteiger partial charge in [0.1, 0.15) is 5.69 Å². The number of aromatic nitrogens is 1. The van der Waals surface area contributed by atoms with E-state index in [1.807, 2.05) is 43.3 Å². The van der Waals surface area contributed by atoms with Gasteiger partial charge in [-0.1, -0.05) is 29.8 Å². The Morgan fingerprint density at radius 2 is 2.00 bits per heavy atom. The third-order valence-electron chi connectivity index (χ3n) is 3.68. The molecular weight excluding hydrogens is 314 g/mol. The van der Waals surface area contributed by atoms with Gasteiger partial charge in [-0.3, -0.25) is 9.59 Å². The molecule has 1 aromatic carbocycles. The number of halogens is 1. The van der Waals surface area contributed by atoms with Crippen LogP contribution in [0.1, 0.15) is 39.4 Å². The fourth-order valence-corrected chi connectivity index (χ4v) is 2.59. The Morgan fingerprint density at radius 1 is 1.30 bits per heavy atom. The lowest BCUT2D eigenvalue weighted by Gasteiger charge is -2.25. The first-order valence-corrected chi connectivity index (χ1v) is 7.66. The minimum absolute atomic E-state index is 0.0464. The van der Waals surface area contributed by atoms with Gasteiger partial charge in [-0.15, -0.1) is 0 Å². The van der Waals surface area contributed by atoms with E-state index in [-0.39, 0.29) is 17.7 Å². The maximum absolute atomic E-state index is 12.2. The molecule has 1 amide bonds. The molecule has 1 atom stereocenters. The van der Waals surface area contributed by atoms with Crippen LogP contribution < -0.4 is 5.32 Å². The van der Waals surface area contributed by atoms with E-state index < -0.39 is 0 Å². The molecule has 0 fully saturated rings. The molecule has 0 saturated heterocycles. The second-order valence-electron chi connectivity index (χ2n) is 5.57. The Bertz CT molecular complexity index is 709. The summed E-state index contributed by atoms with van der Waals surface area (Å²) in [7, 11) is 3.87. The third-order valence-corrected chi connectivity index (χ3v) is 4.02. The highest BCUT2D eigenvalue weighted by Gasteiger charge is 2.19. The van der Waals surface area contributed by atoms with Gasteiger partial charge < -0.3 is 15.2 Å². The summed E-state index contributed by atoms with van der Waals surface area (Å²) in [4.78, 5) is 28.3. The highest BCUT2D eigenvalue weighted by Crippen LogP contribution is 2.25. The number of aromatic amines is 1. The number of rotatable bonds is 6. The molecule has 0 radical (unpaired) electrons. The number of amides is 1. The highest BCUT2D eigenvalue weighted by atomic mass is 35.5. The first kappa shape index (κ1) is 17.2. The van der Waals surface area contributed by atoms with Crippen molar-refractivity contribution in [3.8, 4) is 0 Å². The van der Waals surface area contributed by atoms with Crippen molar-refractivity contribution < 1.29 is 9.59 Å². The Balaban J connectivity index is 2.08. The number of carbonyl (C=O) groups is 2. The van der Waals surface area contributed by atoms with Crippen molar-refractivity contribution in [3.05, 3.63) is 58.4 Å². The number of nitrogens with zero attached hydrogens (tertiary/aromatic N) is 1. The lowest BCUT2D eigenvalue weighted by atomic mass is 10.1. The van der Waals surface area contributed by atoms with Crippen LogP contribution in [0.15, 0.2) is 36.5 Å². The van der Waals surface area contributed by atoms with Gasteiger partial charge in [0.2, 0.25) is 0 Å². The quantitative estimate of drug-likeness (QED) is 0.799. The molecule has 0 unspecified atom stereocenters. The van der Waals surface area contributed by atoms with Gasteiger partial charge in [0, 0.05) is 23.3 Å². The zero-order chi connectivity index (χ0) is 17.0. The summed E-state index contributed by atoms with van der Waals surface area (Å²) < 4.78 is 0. The third kappa shape index (κ3) is 4.21. The van der Waals surface area contributed by atoms with Crippen molar-refractivity contribution in [3.63, 3.8) is 0 Å². The summed E-state index contributed by atoms with van der Waals surface area (Å²) in [5.41, 5.74) is 1.81. The van der Waals surface area contributed by atoms with Crippen molar-refractivity contribution in [1.82, 2.24) is 15.2 Å². The first-order chi connectivity index (χ1) is 10.9. The molecule has 6 heteroatoms. The van der Waals surface area contributed by atoms with Gasteiger partial charge in [0.05, 0.1) is 6.04 Å². The Labute approximate surface area is 140 Å². The van der Waals surface area contributed by atoms with E-state index in [2.05, 4.69) is 10.3 Å². The second-order valence-corrected chi connectivity index (χ2v) is 5.98. The number of nitrogens with one attached hydrogen (secondary N) is 2. The standard InChI is InChI=1S/C17H20ClN3O2/c1-11(22)12-8-15(19-9-12)17(23)20-10-16(21(2)3)13-6-4-5-7-14(13)18/h4-9,16,19H,10H2,1-3H3,(H,20,23)/t16-/m0/s1. The molecular formula is C17H20ClN3O2. The summed E-state index contributed by atoms with van der Waals surface area (Å²) in [5, 5.41) is 3.54. The molecule has 2 N–H and O–H groups in total. The van der Waals surface area contributed by atoms with Gasteiger partial charge in [-0.2, -0.15) is 0 Å². The number of ketones is 1. The maximum Gasteiger partial charge on any atom is 0.267 e. The van der Waals surface area contributed by atoms with E-state index in [1.165, 1.54) is 13.1 Å². The Hall–Kier alpha value is -2.11. The van der Waals surface area contributed by atoms with E-state index in [9.17, 15) is 9.59 Å². The highest BCUT2D eigenvalue weighted by molar-refractivity contribution is 6.31. The summed E-state index contributed by atoms with van der Waals surface area (Å²) in [6, 6.07) is 9.08. The summed E-state index contributed by atoms with van der Waals surface area (Å²) in [6.07, 6.45) is 1.54. The molecule has 0 aliphatic rings. The van der Waals surface area contributed by atoms with E-state index in [0.717, 1.165) is 5.56 Å². The van der Waals surface area contributed by atoms with Crippen LogP contribution in [0.4, 0.5) is 0 Å². The minimum atomic E-state index is -0.253. The molecule has 2 aromatic rings. The van der Waals surface area contributed by atoms with Crippen molar-refractivity contribution in [2.75, 3.05) is 20.6 Å². The molecule has 0 aliphatic carbocycles. The van der Waals surface area contributed by atoms with Gasteiger partial charge in [-0.05, 0) is 38.7 Å². The number of likely N-dealkylation sites (N-methyl/N-ethyl adjacent to an activating group) is 1. The molecule has 1 heterocycles. The molecule has 2 rings (SSSR count). The monoisotopic (exact) mass is 333 g/mol. The Morgan fingerprint density at radius 3 is 2.57 bits per heavy atom. The molecule has 0 saturated carbocycles. The zero-order valence-corrected chi connectivity index (χ0v) is 14.1. The smallest absolute Gasteiger partial charge is 0.267 e. The summed E-state index contributed by atoms with van der Waals surface area (Å²) in [6.45, 7) is 1.87.